The fourth-order valence-electron chi connectivity index (χ4n) is 2.44. The molecule has 1 saturated carbocycles. The third kappa shape index (κ3) is 4.55. The van der Waals surface area contributed by atoms with Crippen LogP contribution in [0.25, 0.3) is 0 Å². The zero-order valence-corrected chi connectivity index (χ0v) is 13.1. The minimum Gasteiger partial charge on any atom is -0.392 e. The third-order valence-corrected chi connectivity index (χ3v) is 4.34. The van der Waals surface area contributed by atoms with Gasteiger partial charge in [-0.25, -0.2) is 0 Å². The van der Waals surface area contributed by atoms with Crippen molar-refractivity contribution in [1.82, 2.24) is 10.2 Å². The van der Waals surface area contributed by atoms with Crippen LogP contribution in [-0.4, -0.2) is 41.7 Å². The van der Waals surface area contributed by atoms with Crippen molar-refractivity contribution in [2.24, 2.45) is 5.92 Å². The molecule has 0 radical (unpaired) electrons. The molecular weight excluding hydrogens is 264 g/mol. The number of hydrogen-bond acceptors (Lipinski definition) is 3. The summed E-state index contributed by atoms with van der Waals surface area (Å²) < 4.78 is 0. The van der Waals surface area contributed by atoms with Crippen LogP contribution in [0.4, 0.5) is 0 Å². The molecule has 0 spiro atoms. The van der Waals surface area contributed by atoms with E-state index in [0.717, 1.165) is 18.4 Å². The minimum atomic E-state index is -0.309. The Morgan fingerprint density at radius 2 is 1.95 bits per heavy atom. The molecule has 116 valence electrons. The van der Waals surface area contributed by atoms with Crippen molar-refractivity contribution in [2.45, 2.75) is 44.9 Å². The van der Waals surface area contributed by atoms with Gasteiger partial charge in [0.05, 0.1) is 18.2 Å². The Labute approximate surface area is 127 Å². The van der Waals surface area contributed by atoms with Gasteiger partial charge in [0, 0.05) is 6.54 Å². The summed E-state index contributed by atoms with van der Waals surface area (Å²) in [7, 11) is 1.89. The smallest absolute Gasteiger partial charge is 0.237 e. The average molecular weight is 290 g/mol. The Kier molecular flexibility index (Phi) is 5.37. The highest BCUT2D eigenvalue weighted by molar-refractivity contribution is 5.81. The molecule has 1 amide bonds. The van der Waals surface area contributed by atoms with Crippen LogP contribution in [0.2, 0.25) is 0 Å². The second kappa shape index (κ2) is 7.05. The van der Waals surface area contributed by atoms with E-state index in [-0.39, 0.29) is 24.1 Å². The van der Waals surface area contributed by atoms with Crippen molar-refractivity contribution >= 4 is 5.91 Å². The summed E-state index contributed by atoms with van der Waals surface area (Å²) in [4.78, 5) is 14.2. The summed E-state index contributed by atoms with van der Waals surface area (Å²) in [6.07, 6.45) is 1.91. The quantitative estimate of drug-likeness (QED) is 0.807. The lowest BCUT2D eigenvalue weighted by Crippen LogP contribution is -2.46. The zero-order valence-electron chi connectivity index (χ0n) is 13.1. The lowest BCUT2D eigenvalue weighted by molar-refractivity contribution is -0.126. The minimum absolute atomic E-state index is 0.00292. The van der Waals surface area contributed by atoms with Crippen LogP contribution in [0.1, 0.15) is 38.3 Å². The Hall–Kier alpha value is -1.39. The van der Waals surface area contributed by atoms with Crippen LogP contribution in [-0.2, 0) is 4.79 Å². The Balaban J connectivity index is 1.83. The molecule has 3 unspecified atom stereocenters. The van der Waals surface area contributed by atoms with Gasteiger partial charge in [0.25, 0.3) is 0 Å². The van der Waals surface area contributed by atoms with Gasteiger partial charge in [-0.1, -0.05) is 30.3 Å². The fraction of sp³-hybridized carbons (Fsp3) is 0.588. The number of carbonyl (C=O) groups excluding carboxylic acids is 1. The molecule has 21 heavy (non-hydrogen) atoms. The Morgan fingerprint density at radius 1 is 1.33 bits per heavy atom. The van der Waals surface area contributed by atoms with E-state index in [2.05, 4.69) is 5.32 Å². The second-order valence-corrected chi connectivity index (χ2v) is 6.16. The normalized spacial score (nSPS) is 19.1. The summed E-state index contributed by atoms with van der Waals surface area (Å²) in [6.45, 7) is 4.42. The van der Waals surface area contributed by atoms with Crippen LogP contribution in [0.5, 0.6) is 0 Å². The van der Waals surface area contributed by atoms with E-state index in [1.54, 1.807) is 0 Å². The first-order valence-electron chi connectivity index (χ1n) is 7.72. The Bertz CT molecular complexity index is 459. The molecule has 0 heterocycles. The highest BCUT2D eigenvalue weighted by Crippen LogP contribution is 2.32. The van der Waals surface area contributed by atoms with E-state index < -0.39 is 0 Å². The summed E-state index contributed by atoms with van der Waals surface area (Å²) in [5.74, 6) is 0.433. The number of benzene rings is 1. The van der Waals surface area contributed by atoms with Crippen molar-refractivity contribution < 1.29 is 9.90 Å². The third-order valence-electron chi connectivity index (χ3n) is 4.34. The van der Waals surface area contributed by atoms with E-state index in [4.69, 9.17) is 0 Å². The van der Waals surface area contributed by atoms with Crippen molar-refractivity contribution in [3.8, 4) is 0 Å². The number of carbonyl (C=O) groups is 1. The standard InChI is InChI=1S/C17H26N2O2/c1-12(14-7-5-4-6-8-14)18-17(21)13(2)19(3)11-16(20)15-9-10-15/h4-8,12-13,15-16,20H,9-11H2,1-3H3,(H,18,21). The number of rotatable bonds is 7. The number of amides is 1. The van der Waals surface area contributed by atoms with Gasteiger partial charge in [-0.05, 0) is 45.2 Å². The zero-order chi connectivity index (χ0) is 15.4. The lowest BCUT2D eigenvalue weighted by atomic mass is 10.1. The van der Waals surface area contributed by atoms with E-state index in [0.29, 0.717) is 12.5 Å². The number of nitrogens with zero attached hydrogens (tertiary/aromatic N) is 1. The SMILES string of the molecule is CC(NC(=O)C(C)N(C)CC(O)C1CC1)c1ccccc1. The van der Waals surface area contributed by atoms with Crippen molar-refractivity contribution in [3.63, 3.8) is 0 Å². The molecule has 2 N–H and O–H groups in total. The molecule has 1 fully saturated rings. The van der Waals surface area contributed by atoms with Crippen molar-refractivity contribution in [2.75, 3.05) is 13.6 Å². The topological polar surface area (TPSA) is 52.6 Å². The van der Waals surface area contributed by atoms with Gasteiger partial charge in [0.1, 0.15) is 0 Å². The number of nitrogens with one attached hydrogen (secondary N) is 1. The van der Waals surface area contributed by atoms with Crippen molar-refractivity contribution in [3.05, 3.63) is 35.9 Å². The van der Waals surface area contributed by atoms with Gasteiger partial charge in [0.2, 0.25) is 5.91 Å². The highest BCUT2D eigenvalue weighted by atomic mass is 16.3. The van der Waals surface area contributed by atoms with Crippen LogP contribution in [0, 0.1) is 5.92 Å². The molecule has 1 aromatic rings. The van der Waals surface area contributed by atoms with Crippen LogP contribution in [0.15, 0.2) is 30.3 Å². The van der Waals surface area contributed by atoms with Gasteiger partial charge in [-0.3, -0.25) is 9.69 Å². The molecule has 4 nitrogen and oxygen atoms in total. The maximum absolute atomic E-state index is 12.3. The number of aliphatic hydroxyl groups excluding tert-OH is 1. The molecular formula is C17H26N2O2. The summed E-state index contributed by atoms with van der Waals surface area (Å²) >= 11 is 0. The molecule has 3 atom stereocenters. The highest BCUT2D eigenvalue weighted by Gasteiger charge is 2.32. The second-order valence-electron chi connectivity index (χ2n) is 6.16. The molecule has 1 aromatic carbocycles. The van der Waals surface area contributed by atoms with Gasteiger partial charge in [-0.2, -0.15) is 0 Å². The average Bonchev–Trinajstić information content (AvgIpc) is 3.31. The van der Waals surface area contributed by atoms with Gasteiger partial charge < -0.3 is 10.4 Å². The molecule has 0 aliphatic heterocycles. The maximum Gasteiger partial charge on any atom is 0.237 e. The van der Waals surface area contributed by atoms with Gasteiger partial charge in [-0.15, -0.1) is 0 Å². The molecule has 0 aromatic heterocycles. The molecule has 0 bridgehead atoms. The summed E-state index contributed by atoms with van der Waals surface area (Å²) in [5.41, 5.74) is 1.10. The summed E-state index contributed by atoms with van der Waals surface area (Å²) in [5, 5.41) is 13.0. The van der Waals surface area contributed by atoms with Crippen molar-refractivity contribution in [1.29, 1.82) is 0 Å². The van der Waals surface area contributed by atoms with Gasteiger partial charge in [0.15, 0.2) is 0 Å². The number of likely N-dealkylation sites (N-methyl/N-ethyl adjacent to an activating group) is 1. The van der Waals surface area contributed by atoms with E-state index in [1.165, 1.54) is 0 Å². The monoisotopic (exact) mass is 290 g/mol. The molecule has 1 aliphatic carbocycles. The van der Waals surface area contributed by atoms with Crippen LogP contribution < -0.4 is 5.32 Å². The van der Waals surface area contributed by atoms with Crippen LogP contribution in [0.3, 0.4) is 0 Å². The fourth-order valence-corrected chi connectivity index (χ4v) is 2.44. The predicted molar refractivity (Wildman–Crippen MR) is 83.8 cm³/mol. The van der Waals surface area contributed by atoms with Gasteiger partial charge >= 0.3 is 0 Å². The molecule has 2 rings (SSSR count). The summed E-state index contributed by atoms with van der Waals surface area (Å²) in [6, 6.07) is 9.67. The first-order chi connectivity index (χ1) is 9.99. The van der Waals surface area contributed by atoms with E-state index >= 15 is 0 Å². The number of aliphatic hydroxyl groups is 1. The largest absolute Gasteiger partial charge is 0.392 e. The molecule has 0 saturated heterocycles. The molecule has 4 heteroatoms. The van der Waals surface area contributed by atoms with E-state index in [1.807, 2.05) is 56.1 Å². The first kappa shape index (κ1) is 16.0. The van der Waals surface area contributed by atoms with Crippen LogP contribution >= 0.6 is 0 Å². The van der Waals surface area contributed by atoms with E-state index in [9.17, 15) is 9.90 Å². The lowest BCUT2D eigenvalue weighted by Gasteiger charge is -2.27. The predicted octanol–water partition coefficient (Wildman–Crippen LogP) is 1.95. The Morgan fingerprint density at radius 3 is 2.52 bits per heavy atom. The molecule has 1 aliphatic rings. The number of hydrogen-bond donors (Lipinski definition) is 2. The maximum atomic E-state index is 12.3. The first-order valence-corrected chi connectivity index (χ1v) is 7.72.